The normalized spacial score (nSPS) is 23.7. The third-order valence-corrected chi connectivity index (χ3v) is 3.98. The lowest BCUT2D eigenvalue weighted by Crippen LogP contribution is -2.53. The molecule has 2 rings (SSSR count). The quantitative estimate of drug-likeness (QED) is 0.813. The van der Waals surface area contributed by atoms with Gasteiger partial charge in [0.2, 0.25) is 0 Å². The minimum atomic E-state index is -1.62. The summed E-state index contributed by atoms with van der Waals surface area (Å²) in [5, 5.41) is 11.3. The number of carbonyl (C=O) groups excluding carboxylic acids is 2. The Morgan fingerprint density at radius 1 is 1.04 bits per heavy atom. The zero-order valence-electron chi connectivity index (χ0n) is 16.4. The molecule has 1 aromatic carbocycles. The molecule has 1 aliphatic heterocycles. The molecule has 6 nitrogen and oxygen atoms in total. The van der Waals surface area contributed by atoms with Gasteiger partial charge in [0.05, 0.1) is 0 Å². The second kappa shape index (κ2) is 6.91. The molecule has 2 atom stereocenters. The molecule has 1 unspecified atom stereocenters. The molecule has 1 amide bonds. The molecule has 6 heteroatoms. The largest absolute Gasteiger partial charge is 0.458 e. The van der Waals surface area contributed by atoms with Gasteiger partial charge >= 0.3 is 12.1 Å². The van der Waals surface area contributed by atoms with Gasteiger partial charge < -0.3 is 14.6 Å². The summed E-state index contributed by atoms with van der Waals surface area (Å²) >= 11 is 0. The van der Waals surface area contributed by atoms with Crippen LogP contribution in [0.3, 0.4) is 0 Å². The van der Waals surface area contributed by atoms with Crippen molar-refractivity contribution in [2.75, 3.05) is 0 Å². The maximum Gasteiger partial charge on any atom is 0.413 e. The molecular formula is C20H29NO5. The molecule has 0 aromatic heterocycles. The van der Waals surface area contributed by atoms with Gasteiger partial charge in [-0.15, -0.1) is 0 Å². The van der Waals surface area contributed by atoms with Crippen LogP contribution in [0.2, 0.25) is 0 Å². The Labute approximate surface area is 155 Å². The smallest absolute Gasteiger partial charge is 0.413 e. The maximum atomic E-state index is 12.9. The van der Waals surface area contributed by atoms with Crippen molar-refractivity contribution in [3.05, 3.63) is 35.9 Å². The van der Waals surface area contributed by atoms with Crippen LogP contribution in [-0.4, -0.2) is 39.3 Å². The molecule has 0 spiro atoms. The average Bonchev–Trinajstić information content (AvgIpc) is 2.84. The Morgan fingerprint density at radius 2 is 1.58 bits per heavy atom. The lowest BCUT2D eigenvalue weighted by atomic mass is 10.0. The summed E-state index contributed by atoms with van der Waals surface area (Å²) in [5.74, 6) is -0.546. The van der Waals surface area contributed by atoms with Crippen LogP contribution in [0.1, 0.15) is 59.9 Å². The van der Waals surface area contributed by atoms with Gasteiger partial charge in [-0.05, 0) is 48.0 Å². The third kappa shape index (κ3) is 4.55. The predicted molar refractivity (Wildman–Crippen MR) is 97.3 cm³/mol. The van der Waals surface area contributed by atoms with Crippen LogP contribution in [-0.2, 0) is 20.0 Å². The molecule has 1 N–H and O–H groups in total. The van der Waals surface area contributed by atoms with Crippen molar-refractivity contribution in [1.29, 1.82) is 0 Å². The van der Waals surface area contributed by atoms with Crippen LogP contribution < -0.4 is 0 Å². The van der Waals surface area contributed by atoms with Gasteiger partial charge in [-0.1, -0.05) is 30.3 Å². The molecule has 144 valence electrons. The van der Waals surface area contributed by atoms with E-state index in [-0.39, 0.29) is 6.42 Å². The number of likely N-dealkylation sites (tertiary alicyclic amines) is 1. The van der Waals surface area contributed by atoms with Gasteiger partial charge in [-0.2, -0.15) is 0 Å². The summed E-state index contributed by atoms with van der Waals surface area (Å²) in [6, 6.07) is 7.94. The summed E-state index contributed by atoms with van der Waals surface area (Å²) < 4.78 is 10.9. The lowest BCUT2D eigenvalue weighted by molar-refractivity contribution is -0.167. The first-order chi connectivity index (χ1) is 11.8. The fraction of sp³-hybridized carbons (Fsp3) is 0.600. The number of rotatable bonds is 2. The summed E-state index contributed by atoms with van der Waals surface area (Å²) in [6.07, 6.45) is -0.225. The van der Waals surface area contributed by atoms with Gasteiger partial charge in [0, 0.05) is 12.0 Å². The van der Waals surface area contributed by atoms with Crippen LogP contribution in [0.5, 0.6) is 0 Å². The Kier molecular flexibility index (Phi) is 5.38. The first-order valence-corrected chi connectivity index (χ1v) is 8.86. The first kappa shape index (κ1) is 20.2. The average molecular weight is 363 g/mol. The van der Waals surface area contributed by atoms with Gasteiger partial charge in [-0.25, -0.2) is 9.59 Å². The highest BCUT2D eigenvalue weighted by atomic mass is 16.6. The fourth-order valence-corrected chi connectivity index (χ4v) is 3.02. The van der Waals surface area contributed by atoms with Crippen molar-refractivity contribution in [2.24, 2.45) is 0 Å². The minimum Gasteiger partial charge on any atom is -0.458 e. The number of amides is 1. The van der Waals surface area contributed by atoms with E-state index in [4.69, 9.17) is 9.47 Å². The Bertz CT molecular complexity index is 659. The number of hydrogen-bond acceptors (Lipinski definition) is 5. The van der Waals surface area contributed by atoms with Gasteiger partial charge in [0.15, 0.2) is 5.72 Å². The molecular weight excluding hydrogens is 334 g/mol. The van der Waals surface area contributed by atoms with Gasteiger partial charge in [-0.3, -0.25) is 4.90 Å². The number of ether oxygens (including phenoxy) is 2. The molecule has 0 aliphatic carbocycles. The first-order valence-electron chi connectivity index (χ1n) is 8.86. The van der Waals surface area contributed by atoms with E-state index in [9.17, 15) is 14.7 Å². The minimum absolute atomic E-state index is 0.222. The third-order valence-electron chi connectivity index (χ3n) is 3.98. The van der Waals surface area contributed by atoms with E-state index in [2.05, 4.69) is 0 Å². The van der Waals surface area contributed by atoms with Crippen molar-refractivity contribution >= 4 is 12.1 Å². The Morgan fingerprint density at radius 3 is 2.08 bits per heavy atom. The van der Waals surface area contributed by atoms with E-state index < -0.39 is 35.0 Å². The number of carbonyl (C=O) groups is 2. The molecule has 0 radical (unpaired) electrons. The van der Waals surface area contributed by atoms with E-state index in [1.54, 1.807) is 65.8 Å². The summed E-state index contributed by atoms with van der Waals surface area (Å²) in [4.78, 5) is 26.7. The van der Waals surface area contributed by atoms with Crippen molar-refractivity contribution in [2.45, 2.75) is 77.4 Å². The second-order valence-electron chi connectivity index (χ2n) is 8.62. The second-order valence-corrected chi connectivity index (χ2v) is 8.62. The zero-order chi connectivity index (χ0) is 19.8. The van der Waals surface area contributed by atoms with Crippen LogP contribution in [0.25, 0.3) is 0 Å². The van der Waals surface area contributed by atoms with Gasteiger partial charge in [0.1, 0.15) is 17.2 Å². The molecule has 1 aromatic rings. The molecule has 0 bridgehead atoms. The topological polar surface area (TPSA) is 76.1 Å². The number of hydrogen-bond donors (Lipinski definition) is 1. The summed E-state index contributed by atoms with van der Waals surface area (Å²) in [7, 11) is 0. The van der Waals surface area contributed by atoms with Crippen molar-refractivity contribution < 1.29 is 24.2 Å². The molecule has 1 fully saturated rings. The fourth-order valence-electron chi connectivity index (χ4n) is 3.02. The summed E-state index contributed by atoms with van der Waals surface area (Å²) in [5.41, 5.74) is -2.53. The Balaban J connectivity index is 2.41. The van der Waals surface area contributed by atoms with E-state index in [0.29, 0.717) is 12.0 Å². The van der Waals surface area contributed by atoms with E-state index in [1.165, 1.54) is 0 Å². The number of aliphatic hydroxyl groups is 1. The molecule has 26 heavy (non-hydrogen) atoms. The van der Waals surface area contributed by atoms with Crippen LogP contribution in [0.15, 0.2) is 30.3 Å². The zero-order valence-corrected chi connectivity index (χ0v) is 16.4. The highest BCUT2D eigenvalue weighted by Crippen LogP contribution is 2.41. The van der Waals surface area contributed by atoms with E-state index in [0.717, 1.165) is 4.90 Å². The number of benzene rings is 1. The number of esters is 1. The SMILES string of the molecule is CC(C)(C)OC(=O)[C@@H]1CCC(O)(c2ccccc2)N1C(=O)OC(C)(C)C. The molecule has 1 saturated heterocycles. The van der Waals surface area contributed by atoms with E-state index >= 15 is 0 Å². The van der Waals surface area contributed by atoms with Crippen molar-refractivity contribution in [3.63, 3.8) is 0 Å². The lowest BCUT2D eigenvalue weighted by Gasteiger charge is -2.38. The standard InChI is InChI=1S/C20H29NO5/c1-18(2,3)25-16(22)15-12-13-20(24,14-10-8-7-9-11-14)21(15)17(23)26-19(4,5)6/h7-11,15,24H,12-13H2,1-6H3/t15-,20?/m0/s1. The molecule has 1 aliphatic rings. The monoisotopic (exact) mass is 363 g/mol. The Hall–Kier alpha value is -2.08. The van der Waals surface area contributed by atoms with Gasteiger partial charge in [0.25, 0.3) is 0 Å². The van der Waals surface area contributed by atoms with E-state index in [1.807, 2.05) is 6.07 Å². The maximum absolute atomic E-state index is 12.9. The molecule has 1 heterocycles. The molecule has 0 saturated carbocycles. The van der Waals surface area contributed by atoms with Crippen LogP contribution in [0, 0.1) is 0 Å². The van der Waals surface area contributed by atoms with Crippen molar-refractivity contribution in [3.8, 4) is 0 Å². The van der Waals surface area contributed by atoms with Crippen molar-refractivity contribution in [1.82, 2.24) is 4.90 Å². The predicted octanol–water partition coefficient (Wildman–Crippen LogP) is 3.57. The van der Waals surface area contributed by atoms with Crippen LogP contribution in [0.4, 0.5) is 4.79 Å². The highest BCUT2D eigenvalue weighted by Gasteiger charge is 2.53. The number of nitrogens with zero attached hydrogens (tertiary/aromatic N) is 1. The summed E-state index contributed by atoms with van der Waals surface area (Å²) in [6.45, 7) is 10.5. The van der Waals surface area contributed by atoms with Crippen LogP contribution >= 0.6 is 0 Å². The highest BCUT2D eigenvalue weighted by molar-refractivity contribution is 5.83.